The minimum Gasteiger partial charge on any atom is -0.490 e. The third kappa shape index (κ3) is 3.63. The first-order chi connectivity index (χ1) is 11.1. The first kappa shape index (κ1) is 15.4. The SMILES string of the molecule is CN(C)CCCOc1cccn2cc(-c3ccc(N)cc3)nc12. The number of imidazole rings is 1. The Morgan fingerprint density at radius 3 is 2.70 bits per heavy atom. The van der Waals surface area contributed by atoms with Gasteiger partial charge in [-0.2, -0.15) is 0 Å². The predicted molar refractivity (Wildman–Crippen MR) is 93.7 cm³/mol. The second-order valence-electron chi connectivity index (χ2n) is 5.86. The fourth-order valence-electron chi connectivity index (χ4n) is 2.46. The van der Waals surface area contributed by atoms with Gasteiger partial charge in [-0.25, -0.2) is 4.98 Å². The average Bonchev–Trinajstić information content (AvgIpc) is 2.97. The Morgan fingerprint density at radius 1 is 1.17 bits per heavy atom. The standard InChI is InChI=1S/C18H22N4O/c1-21(2)10-4-12-23-17-5-3-11-22-13-16(20-18(17)22)14-6-8-15(19)9-7-14/h3,5-9,11,13H,4,10,12,19H2,1-2H3. The van der Waals surface area contributed by atoms with E-state index in [0.29, 0.717) is 6.61 Å². The molecule has 0 saturated carbocycles. The summed E-state index contributed by atoms with van der Waals surface area (Å²) in [6.45, 7) is 1.69. The van der Waals surface area contributed by atoms with E-state index in [9.17, 15) is 0 Å². The lowest BCUT2D eigenvalue weighted by Crippen LogP contribution is -2.15. The lowest BCUT2D eigenvalue weighted by Gasteiger charge is -2.10. The topological polar surface area (TPSA) is 55.8 Å². The molecule has 3 rings (SSSR count). The van der Waals surface area contributed by atoms with Crippen molar-refractivity contribution in [2.24, 2.45) is 0 Å². The largest absolute Gasteiger partial charge is 0.490 e. The molecule has 1 aromatic carbocycles. The number of fused-ring (bicyclic) bond motifs is 1. The second kappa shape index (κ2) is 6.71. The van der Waals surface area contributed by atoms with E-state index in [0.717, 1.165) is 41.3 Å². The molecule has 3 aromatic rings. The van der Waals surface area contributed by atoms with E-state index in [4.69, 9.17) is 15.5 Å². The average molecular weight is 310 g/mol. The molecule has 0 saturated heterocycles. The van der Waals surface area contributed by atoms with Crippen molar-refractivity contribution in [3.05, 3.63) is 48.8 Å². The van der Waals surface area contributed by atoms with Gasteiger partial charge in [0, 0.05) is 30.2 Å². The van der Waals surface area contributed by atoms with Crippen molar-refractivity contribution < 1.29 is 4.74 Å². The van der Waals surface area contributed by atoms with Crippen LogP contribution in [0.2, 0.25) is 0 Å². The number of pyridine rings is 1. The van der Waals surface area contributed by atoms with Crippen LogP contribution in [0.5, 0.6) is 5.75 Å². The number of nitrogens with two attached hydrogens (primary N) is 1. The monoisotopic (exact) mass is 310 g/mol. The number of hydrogen-bond donors (Lipinski definition) is 1. The summed E-state index contributed by atoms with van der Waals surface area (Å²) in [7, 11) is 4.13. The van der Waals surface area contributed by atoms with Crippen molar-refractivity contribution in [2.75, 3.05) is 33.0 Å². The molecular formula is C18H22N4O. The third-order valence-electron chi connectivity index (χ3n) is 3.66. The zero-order valence-electron chi connectivity index (χ0n) is 13.6. The van der Waals surface area contributed by atoms with Gasteiger partial charge in [0.05, 0.1) is 12.3 Å². The van der Waals surface area contributed by atoms with E-state index in [1.807, 2.05) is 53.2 Å². The highest BCUT2D eigenvalue weighted by atomic mass is 16.5. The highest BCUT2D eigenvalue weighted by Crippen LogP contribution is 2.25. The van der Waals surface area contributed by atoms with Gasteiger partial charge in [-0.15, -0.1) is 0 Å². The van der Waals surface area contributed by atoms with Crippen LogP contribution in [0.3, 0.4) is 0 Å². The number of hydrogen-bond acceptors (Lipinski definition) is 4. The van der Waals surface area contributed by atoms with Crippen LogP contribution < -0.4 is 10.5 Å². The number of ether oxygens (including phenoxy) is 1. The van der Waals surface area contributed by atoms with Gasteiger partial charge in [0.15, 0.2) is 11.4 Å². The molecule has 0 aliphatic heterocycles. The van der Waals surface area contributed by atoms with Gasteiger partial charge in [-0.05, 0) is 44.8 Å². The zero-order chi connectivity index (χ0) is 16.2. The van der Waals surface area contributed by atoms with Crippen LogP contribution in [0.15, 0.2) is 48.8 Å². The van der Waals surface area contributed by atoms with Crippen molar-refractivity contribution in [3.63, 3.8) is 0 Å². The molecule has 5 nitrogen and oxygen atoms in total. The molecule has 0 amide bonds. The normalized spacial score (nSPS) is 11.3. The molecule has 23 heavy (non-hydrogen) atoms. The van der Waals surface area contributed by atoms with Gasteiger partial charge in [0.25, 0.3) is 0 Å². The third-order valence-corrected chi connectivity index (χ3v) is 3.66. The lowest BCUT2D eigenvalue weighted by atomic mass is 10.1. The van der Waals surface area contributed by atoms with E-state index in [2.05, 4.69) is 19.0 Å². The highest BCUT2D eigenvalue weighted by Gasteiger charge is 2.09. The Hall–Kier alpha value is -2.53. The molecule has 0 unspecified atom stereocenters. The van der Waals surface area contributed by atoms with Crippen LogP contribution in [0.1, 0.15) is 6.42 Å². The molecule has 0 radical (unpaired) electrons. The number of nitrogen functional groups attached to an aromatic ring is 1. The van der Waals surface area contributed by atoms with E-state index in [1.54, 1.807) is 0 Å². The molecule has 2 aromatic heterocycles. The molecule has 0 spiro atoms. The number of rotatable bonds is 6. The van der Waals surface area contributed by atoms with E-state index in [1.165, 1.54) is 0 Å². The maximum Gasteiger partial charge on any atom is 0.180 e. The van der Waals surface area contributed by atoms with Crippen molar-refractivity contribution >= 4 is 11.3 Å². The summed E-state index contributed by atoms with van der Waals surface area (Å²) in [5.74, 6) is 0.813. The van der Waals surface area contributed by atoms with Crippen molar-refractivity contribution in [1.82, 2.24) is 14.3 Å². The number of aromatic nitrogens is 2. The quantitative estimate of drug-likeness (QED) is 0.562. The zero-order valence-corrected chi connectivity index (χ0v) is 13.6. The molecule has 0 fully saturated rings. The van der Waals surface area contributed by atoms with Gasteiger partial charge < -0.3 is 19.8 Å². The maximum absolute atomic E-state index is 5.91. The summed E-state index contributed by atoms with van der Waals surface area (Å²) in [4.78, 5) is 6.86. The van der Waals surface area contributed by atoms with Crippen LogP contribution in [0.4, 0.5) is 5.69 Å². The number of anilines is 1. The molecule has 120 valence electrons. The molecule has 0 atom stereocenters. The van der Waals surface area contributed by atoms with E-state index in [-0.39, 0.29) is 0 Å². The molecule has 0 aliphatic carbocycles. The Bertz CT molecular complexity index is 777. The second-order valence-corrected chi connectivity index (χ2v) is 5.86. The first-order valence-corrected chi connectivity index (χ1v) is 7.74. The molecule has 5 heteroatoms. The summed E-state index contributed by atoms with van der Waals surface area (Å²) < 4.78 is 7.90. The van der Waals surface area contributed by atoms with Crippen LogP contribution >= 0.6 is 0 Å². The molecule has 2 heterocycles. The van der Waals surface area contributed by atoms with Gasteiger partial charge >= 0.3 is 0 Å². The van der Waals surface area contributed by atoms with Crippen molar-refractivity contribution in [3.8, 4) is 17.0 Å². The summed E-state index contributed by atoms with van der Waals surface area (Å²) >= 11 is 0. The first-order valence-electron chi connectivity index (χ1n) is 7.74. The molecule has 0 bridgehead atoms. The maximum atomic E-state index is 5.91. The Labute approximate surface area is 136 Å². The van der Waals surface area contributed by atoms with Gasteiger partial charge in [0.1, 0.15) is 0 Å². The highest BCUT2D eigenvalue weighted by molar-refractivity contribution is 5.67. The molecular weight excluding hydrogens is 288 g/mol. The van der Waals surface area contributed by atoms with Crippen LogP contribution in [0, 0.1) is 0 Å². The molecule has 2 N–H and O–H groups in total. The Kier molecular flexibility index (Phi) is 4.48. The lowest BCUT2D eigenvalue weighted by molar-refractivity contribution is 0.283. The van der Waals surface area contributed by atoms with E-state index < -0.39 is 0 Å². The van der Waals surface area contributed by atoms with Crippen molar-refractivity contribution in [2.45, 2.75) is 6.42 Å². The van der Waals surface area contributed by atoms with Crippen LogP contribution in [0.25, 0.3) is 16.9 Å². The minimum absolute atomic E-state index is 0.682. The fourth-order valence-corrected chi connectivity index (χ4v) is 2.46. The van der Waals surface area contributed by atoms with Crippen LogP contribution in [-0.2, 0) is 0 Å². The van der Waals surface area contributed by atoms with Gasteiger partial charge in [0.2, 0.25) is 0 Å². The Morgan fingerprint density at radius 2 is 1.96 bits per heavy atom. The summed E-state index contributed by atoms with van der Waals surface area (Å²) in [5, 5.41) is 0. The summed E-state index contributed by atoms with van der Waals surface area (Å²) in [6.07, 6.45) is 4.98. The van der Waals surface area contributed by atoms with Gasteiger partial charge in [-0.3, -0.25) is 0 Å². The summed E-state index contributed by atoms with van der Waals surface area (Å²) in [5.41, 5.74) is 9.29. The van der Waals surface area contributed by atoms with Crippen LogP contribution in [-0.4, -0.2) is 41.5 Å². The summed E-state index contributed by atoms with van der Waals surface area (Å²) in [6, 6.07) is 11.7. The minimum atomic E-state index is 0.682. The molecule has 0 aliphatic rings. The van der Waals surface area contributed by atoms with Gasteiger partial charge in [-0.1, -0.05) is 12.1 Å². The number of benzene rings is 1. The van der Waals surface area contributed by atoms with E-state index >= 15 is 0 Å². The van der Waals surface area contributed by atoms with Crippen molar-refractivity contribution in [1.29, 1.82) is 0 Å². The Balaban J connectivity index is 1.82. The smallest absolute Gasteiger partial charge is 0.180 e. The number of nitrogens with zero attached hydrogens (tertiary/aromatic N) is 3. The fraction of sp³-hybridized carbons (Fsp3) is 0.278. The predicted octanol–water partition coefficient (Wildman–Crippen LogP) is 2.91.